The summed E-state index contributed by atoms with van der Waals surface area (Å²) in [5.74, 6) is 0. The minimum absolute atomic E-state index is 0. The molecule has 0 bridgehead atoms. The number of carboxylic acid groups (broad SMARTS) is 2. The third kappa shape index (κ3) is 12.8. The van der Waals surface area contributed by atoms with Crippen molar-refractivity contribution in [3.05, 3.63) is 0 Å². The first kappa shape index (κ1) is 13.3. The van der Waals surface area contributed by atoms with Gasteiger partial charge in [0.05, 0.1) is 0 Å². The summed E-state index contributed by atoms with van der Waals surface area (Å²) < 4.78 is 0. The quantitative estimate of drug-likeness (QED) is 0.317. The van der Waals surface area contributed by atoms with E-state index in [4.69, 9.17) is 0 Å². The predicted molar refractivity (Wildman–Crippen MR) is 23.6 cm³/mol. The molecule has 0 aliphatic rings. The summed E-state index contributed by atoms with van der Waals surface area (Å²) in [7, 11) is 0. The van der Waals surface area contributed by atoms with Crippen molar-refractivity contribution in [1.82, 2.24) is 0 Å². The molecule has 0 amide bonds. The van der Waals surface area contributed by atoms with Gasteiger partial charge >= 0.3 is 48.9 Å². The van der Waals surface area contributed by atoms with Crippen molar-refractivity contribution in [2.45, 2.75) is 0 Å². The van der Waals surface area contributed by atoms with Crippen molar-refractivity contribution in [3.8, 4) is 0 Å². The maximum absolute atomic E-state index is 9.34. The van der Waals surface area contributed by atoms with Crippen LogP contribution < -0.4 is 10.2 Å². The second kappa shape index (κ2) is 7.81. The van der Waals surface area contributed by atoms with Crippen molar-refractivity contribution in [2.75, 3.05) is 0 Å². The molecule has 56 valence electrons. The van der Waals surface area contributed by atoms with E-state index >= 15 is 0 Å². The topological polar surface area (TPSA) is 123 Å². The van der Waals surface area contributed by atoms with Gasteiger partial charge in [-0.15, -0.1) is 0 Å². The van der Waals surface area contributed by atoms with E-state index in [1.54, 1.807) is 0 Å². The van der Waals surface area contributed by atoms with Gasteiger partial charge in [0, 0.05) is 0 Å². The van der Waals surface area contributed by atoms with E-state index in [-0.39, 0.29) is 48.9 Å². The van der Waals surface area contributed by atoms with Gasteiger partial charge < -0.3 is 29.5 Å². The van der Waals surface area contributed by atoms with Gasteiger partial charge in [0.25, 0.3) is 12.3 Å². The molecule has 0 aromatic heterocycles. The Bertz CT molecular complexity index is 150. The van der Waals surface area contributed by atoms with Gasteiger partial charge in [-0.2, -0.15) is 0 Å². The second-order valence-corrected chi connectivity index (χ2v) is 0.846. The minimum atomic E-state index is -1.98. The first-order valence-electron chi connectivity index (χ1n) is 1.79. The molecule has 9 heteroatoms. The molecule has 0 saturated carbocycles. The monoisotopic (exact) mass is 286 g/mol. The zero-order valence-corrected chi connectivity index (χ0v) is 9.49. The fourth-order valence-corrected chi connectivity index (χ4v) is 0.100. The first-order chi connectivity index (χ1) is 4.63. The van der Waals surface area contributed by atoms with Crippen molar-refractivity contribution in [1.29, 1.82) is 0 Å². The molecule has 0 heterocycles. The van der Waals surface area contributed by atoms with Crippen LogP contribution in [0.25, 0.3) is 0 Å². The molecule has 11 heavy (non-hydrogen) atoms. The van der Waals surface area contributed by atoms with E-state index in [2.05, 4.69) is 20.2 Å². The molecule has 0 aromatic carbocycles. The number of hydrogen-bond donors (Lipinski definition) is 0. The predicted octanol–water partition coefficient (Wildman–Crippen LogP) is -2.39. The van der Waals surface area contributed by atoms with Crippen LogP contribution in [-0.2, 0) is 9.68 Å². The molecule has 0 saturated heterocycles. The van der Waals surface area contributed by atoms with Gasteiger partial charge in [-0.3, -0.25) is 0 Å². The molecule has 0 fully saturated rings. The third-order valence-electron chi connectivity index (χ3n) is 0.264. The summed E-state index contributed by atoms with van der Waals surface area (Å²) in [6.07, 6.45) is -3.96. The van der Waals surface area contributed by atoms with Crippen molar-refractivity contribution in [2.24, 2.45) is 10.6 Å². The number of carbonyl (C=O) groups is 2. The number of nitrogens with zero attached hydrogens (tertiary/aromatic N) is 2. The van der Waals surface area contributed by atoms with Gasteiger partial charge in [-0.1, -0.05) is 0 Å². The second-order valence-electron chi connectivity index (χ2n) is 0.846. The van der Waals surface area contributed by atoms with Crippen LogP contribution in [-0.4, -0.2) is 61.2 Å². The smallest absolute Gasteiger partial charge is 0.424 e. The van der Waals surface area contributed by atoms with E-state index in [1.807, 2.05) is 0 Å². The minimum Gasteiger partial charge on any atom is -0.424 e. The normalized spacial score (nSPS) is 8.36. The molecular weight excluding hydrogens is 285 g/mol. The molecule has 0 atom stereocenters. The van der Waals surface area contributed by atoms with Gasteiger partial charge in [-0.25, -0.2) is 0 Å². The van der Waals surface area contributed by atoms with Crippen molar-refractivity contribution in [3.63, 3.8) is 0 Å². The number of carbonyl (C=O) groups excluding carboxylic acids is 2. The summed E-state index contributed by atoms with van der Waals surface area (Å²) in [5, 5.41) is 23.1. The fraction of sp³-hybridized carbons (Fsp3) is 0. The Kier molecular flexibility index (Phi) is 9.46. The van der Waals surface area contributed by atoms with Gasteiger partial charge in [0.1, 0.15) is 0 Å². The van der Waals surface area contributed by atoms with Crippen LogP contribution in [0.4, 0.5) is 9.59 Å². The van der Waals surface area contributed by atoms with E-state index in [9.17, 15) is 19.8 Å². The molecule has 0 rings (SSSR count). The Balaban J connectivity index is 0. The standard InChI is InChI=1S/C2H2N2O6.Ba/c5-1(6)9-3-4-10-2(7)8;/h(H,5,6)(H,7,8);/q;+2/p-2. The average molecular weight is 285 g/mol. The molecule has 0 radical (unpaired) electrons. The molecule has 8 nitrogen and oxygen atoms in total. The summed E-state index contributed by atoms with van der Waals surface area (Å²) in [6, 6.07) is 0. The Morgan fingerprint density at radius 2 is 1.27 bits per heavy atom. The van der Waals surface area contributed by atoms with Gasteiger partial charge in [-0.05, 0) is 10.6 Å². The number of rotatable bonds is 2. The van der Waals surface area contributed by atoms with E-state index in [0.717, 1.165) is 0 Å². The summed E-state index contributed by atoms with van der Waals surface area (Å²) >= 11 is 0. The van der Waals surface area contributed by atoms with Crippen LogP contribution in [0.3, 0.4) is 0 Å². The average Bonchev–Trinajstić information content (AvgIpc) is 1.79. The van der Waals surface area contributed by atoms with E-state index < -0.39 is 12.3 Å². The molecule has 0 N–H and O–H groups in total. The van der Waals surface area contributed by atoms with E-state index in [1.165, 1.54) is 0 Å². The zero-order valence-electron chi connectivity index (χ0n) is 5.05. The molecule has 0 aliphatic heterocycles. The van der Waals surface area contributed by atoms with Crippen LogP contribution in [0, 0.1) is 0 Å². The van der Waals surface area contributed by atoms with Crippen molar-refractivity contribution >= 4 is 61.2 Å². The molecule has 0 aromatic rings. The van der Waals surface area contributed by atoms with Crippen LogP contribution in [0.5, 0.6) is 0 Å². The maximum atomic E-state index is 9.34. The Morgan fingerprint density at radius 1 is 1.00 bits per heavy atom. The van der Waals surface area contributed by atoms with Crippen LogP contribution in [0.2, 0.25) is 0 Å². The number of hydrogen-bond acceptors (Lipinski definition) is 8. The third-order valence-corrected chi connectivity index (χ3v) is 0.264. The summed E-state index contributed by atoms with van der Waals surface area (Å²) in [4.78, 5) is 25.2. The van der Waals surface area contributed by atoms with Crippen molar-refractivity contribution < 1.29 is 29.5 Å². The molecule has 0 unspecified atom stereocenters. The fourth-order valence-electron chi connectivity index (χ4n) is 0.100. The summed E-state index contributed by atoms with van der Waals surface area (Å²) in [6.45, 7) is 0. The summed E-state index contributed by atoms with van der Waals surface area (Å²) in [5.41, 5.74) is 0. The maximum Gasteiger partial charge on any atom is 2.00 e. The Morgan fingerprint density at radius 3 is 1.45 bits per heavy atom. The Hall–Kier alpha value is -0.289. The Labute approximate surface area is 100 Å². The SMILES string of the molecule is O=C([O-])ON=NOC(=O)[O-].[Ba+2]. The van der Waals surface area contributed by atoms with Crippen LogP contribution >= 0.6 is 0 Å². The zero-order chi connectivity index (χ0) is 7.98. The first-order valence-corrected chi connectivity index (χ1v) is 1.79. The van der Waals surface area contributed by atoms with Gasteiger partial charge in [0.2, 0.25) is 0 Å². The molecule has 0 spiro atoms. The largest absolute Gasteiger partial charge is 2.00 e. The molecule has 0 aliphatic carbocycles. The molecular formula is C2BaN2O6. The van der Waals surface area contributed by atoms with Crippen LogP contribution in [0.15, 0.2) is 10.6 Å². The van der Waals surface area contributed by atoms with E-state index in [0.29, 0.717) is 0 Å². The van der Waals surface area contributed by atoms with Gasteiger partial charge in [0.15, 0.2) is 0 Å². The van der Waals surface area contributed by atoms with Crippen LogP contribution in [0.1, 0.15) is 0 Å².